The number of nitrogens with zero attached hydrogens (tertiary/aromatic N) is 3. The van der Waals surface area contributed by atoms with Gasteiger partial charge in [0.25, 0.3) is 0 Å². The van der Waals surface area contributed by atoms with Gasteiger partial charge in [-0.05, 0) is 28.8 Å². The topological polar surface area (TPSA) is 71.3 Å². The number of cyclic esters (lactones) is 1. The zero-order chi connectivity index (χ0) is 25.1. The second-order valence-electron chi connectivity index (χ2n) is 10.6. The Hall–Kier alpha value is -4.06. The van der Waals surface area contributed by atoms with Gasteiger partial charge in [-0.2, -0.15) is 5.10 Å². The molecule has 1 fully saturated rings. The molecular formula is C30H27N3O3. The first-order valence-corrected chi connectivity index (χ1v) is 12.2. The number of carbonyl (C=O) groups excluding carboxylic acids is 2. The number of hydrogen-bond donors (Lipinski definition) is 0. The minimum Gasteiger partial charge on any atom is -0.405 e. The summed E-state index contributed by atoms with van der Waals surface area (Å²) in [5, 5.41) is 6.60. The predicted molar refractivity (Wildman–Crippen MR) is 138 cm³/mol. The van der Waals surface area contributed by atoms with Gasteiger partial charge >= 0.3 is 5.97 Å². The number of fused-ring (bicyclic) bond motifs is 4. The molecular weight excluding hydrogens is 450 g/mol. The third-order valence-corrected chi connectivity index (χ3v) is 7.37. The molecule has 4 atom stereocenters. The van der Waals surface area contributed by atoms with E-state index in [0.29, 0.717) is 0 Å². The van der Waals surface area contributed by atoms with Gasteiger partial charge in [-0.1, -0.05) is 93.6 Å². The quantitative estimate of drug-likeness (QED) is 0.503. The molecule has 0 aliphatic carbocycles. The van der Waals surface area contributed by atoms with Gasteiger partial charge in [0.05, 0.1) is 12.1 Å². The Kier molecular flexibility index (Phi) is 4.97. The number of rotatable bonds is 3. The van der Waals surface area contributed by atoms with E-state index in [1.165, 1.54) is 0 Å². The van der Waals surface area contributed by atoms with Crippen molar-refractivity contribution >= 4 is 23.9 Å². The maximum Gasteiger partial charge on any atom is 0.344 e. The van der Waals surface area contributed by atoms with E-state index in [4.69, 9.17) is 14.8 Å². The van der Waals surface area contributed by atoms with E-state index in [1.54, 1.807) is 6.21 Å². The van der Waals surface area contributed by atoms with Crippen LogP contribution in [0, 0.1) is 5.41 Å². The number of carbonyl (C=O) groups is 2. The summed E-state index contributed by atoms with van der Waals surface area (Å²) in [6.45, 7) is 5.72. The summed E-state index contributed by atoms with van der Waals surface area (Å²) >= 11 is 0. The number of aliphatic imine (C=N–C) groups is 1. The fraction of sp³-hybridized carbons (Fsp3) is 0.267. The van der Waals surface area contributed by atoms with Crippen molar-refractivity contribution in [3.63, 3.8) is 0 Å². The van der Waals surface area contributed by atoms with Crippen LogP contribution in [0.2, 0.25) is 0 Å². The number of ether oxygens (including phenoxy) is 1. The van der Waals surface area contributed by atoms with Crippen LogP contribution in [0.3, 0.4) is 0 Å². The Balaban J connectivity index is 1.66. The highest BCUT2D eigenvalue weighted by atomic mass is 16.6. The van der Waals surface area contributed by atoms with Crippen molar-refractivity contribution < 1.29 is 14.3 Å². The van der Waals surface area contributed by atoms with E-state index in [0.717, 1.165) is 22.3 Å². The number of esters is 1. The Bertz CT molecular complexity index is 1410. The molecule has 0 N–H and O–H groups in total. The third-order valence-electron chi connectivity index (χ3n) is 7.37. The van der Waals surface area contributed by atoms with Crippen LogP contribution in [0.25, 0.3) is 0 Å². The number of hydrogen-bond acceptors (Lipinski definition) is 6. The standard InChI is InChI=1S/C30H27N3O3/c1-29(2,3)26(34)24-23(19-12-6-4-7-13-19)30(25-22-17-11-10-16-21(22)18-31-33(24)25)28(35)36-27(32-30)20-14-8-5-9-15-20/h4-18,23-25H,1-3H3/t23-,24+,25+,30+/m0/s1. The number of ketones is 1. The molecule has 3 aromatic rings. The molecule has 6 rings (SSSR count). The summed E-state index contributed by atoms with van der Waals surface area (Å²) in [7, 11) is 0. The van der Waals surface area contributed by atoms with E-state index < -0.39 is 34.9 Å². The normalized spacial score (nSPS) is 26.4. The lowest BCUT2D eigenvalue weighted by molar-refractivity contribution is -0.140. The summed E-state index contributed by atoms with van der Waals surface area (Å²) in [6, 6.07) is 25.7. The molecule has 0 radical (unpaired) electrons. The average molecular weight is 478 g/mol. The molecule has 6 heteroatoms. The summed E-state index contributed by atoms with van der Waals surface area (Å²) in [6.07, 6.45) is 1.78. The summed E-state index contributed by atoms with van der Waals surface area (Å²) in [4.78, 5) is 33.3. The minimum atomic E-state index is -1.38. The second kappa shape index (κ2) is 7.98. The first-order chi connectivity index (χ1) is 17.3. The van der Waals surface area contributed by atoms with E-state index in [1.807, 2.05) is 111 Å². The van der Waals surface area contributed by atoms with Crippen LogP contribution in [-0.4, -0.2) is 40.5 Å². The van der Waals surface area contributed by atoms with Gasteiger partial charge in [-0.25, -0.2) is 9.79 Å². The smallest absolute Gasteiger partial charge is 0.344 e. The van der Waals surface area contributed by atoms with Crippen molar-refractivity contribution in [1.82, 2.24) is 5.01 Å². The summed E-state index contributed by atoms with van der Waals surface area (Å²) in [5.74, 6) is -0.767. The van der Waals surface area contributed by atoms with Gasteiger partial charge in [0.2, 0.25) is 5.90 Å². The van der Waals surface area contributed by atoms with Crippen LogP contribution in [0.1, 0.15) is 55.0 Å². The number of Topliss-reactive ketones (excluding diaryl/α,β-unsaturated/α-hetero) is 1. The highest BCUT2D eigenvalue weighted by Gasteiger charge is 2.71. The van der Waals surface area contributed by atoms with Crippen LogP contribution in [0.5, 0.6) is 0 Å². The zero-order valence-corrected chi connectivity index (χ0v) is 20.5. The predicted octanol–water partition coefficient (Wildman–Crippen LogP) is 4.90. The second-order valence-corrected chi connectivity index (χ2v) is 10.6. The Morgan fingerprint density at radius 1 is 0.917 bits per heavy atom. The lowest BCUT2D eigenvalue weighted by Gasteiger charge is -2.35. The van der Waals surface area contributed by atoms with Crippen LogP contribution in [0.15, 0.2) is 95.0 Å². The van der Waals surface area contributed by atoms with Gasteiger partial charge in [-0.15, -0.1) is 0 Å². The van der Waals surface area contributed by atoms with E-state index in [9.17, 15) is 9.59 Å². The Labute approximate surface area is 210 Å². The van der Waals surface area contributed by atoms with Crippen molar-refractivity contribution in [2.24, 2.45) is 15.5 Å². The van der Waals surface area contributed by atoms with Crippen molar-refractivity contribution in [3.8, 4) is 0 Å². The van der Waals surface area contributed by atoms with Crippen LogP contribution >= 0.6 is 0 Å². The largest absolute Gasteiger partial charge is 0.405 e. The molecule has 1 saturated heterocycles. The lowest BCUT2D eigenvalue weighted by Crippen LogP contribution is -2.45. The van der Waals surface area contributed by atoms with Crippen molar-refractivity contribution in [2.45, 2.75) is 44.3 Å². The Morgan fingerprint density at radius 3 is 2.25 bits per heavy atom. The highest BCUT2D eigenvalue weighted by Crippen LogP contribution is 2.59. The van der Waals surface area contributed by atoms with Crippen molar-refractivity contribution in [2.75, 3.05) is 0 Å². The van der Waals surface area contributed by atoms with Gasteiger partial charge in [0.15, 0.2) is 11.3 Å². The monoisotopic (exact) mass is 477 g/mol. The number of hydrazone groups is 1. The molecule has 0 aromatic heterocycles. The number of benzene rings is 3. The molecule has 0 amide bonds. The lowest BCUT2D eigenvalue weighted by atomic mass is 9.70. The summed E-state index contributed by atoms with van der Waals surface area (Å²) < 4.78 is 5.94. The molecule has 180 valence electrons. The van der Waals surface area contributed by atoms with Crippen molar-refractivity contribution in [1.29, 1.82) is 0 Å². The van der Waals surface area contributed by atoms with Crippen LogP contribution < -0.4 is 0 Å². The van der Waals surface area contributed by atoms with E-state index in [2.05, 4.69) is 0 Å². The van der Waals surface area contributed by atoms with E-state index >= 15 is 0 Å². The molecule has 3 aliphatic heterocycles. The maximum absolute atomic E-state index is 14.1. The van der Waals surface area contributed by atoms with Crippen LogP contribution in [-0.2, 0) is 14.3 Å². The fourth-order valence-electron chi connectivity index (χ4n) is 5.74. The van der Waals surface area contributed by atoms with Gasteiger partial charge < -0.3 is 4.74 Å². The molecule has 3 aliphatic rings. The molecule has 0 bridgehead atoms. The molecule has 36 heavy (non-hydrogen) atoms. The Morgan fingerprint density at radius 2 is 1.56 bits per heavy atom. The van der Waals surface area contributed by atoms with Gasteiger partial charge in [-0.3, -0.25) is 9.80 Å². The first-order valence-electron chi connectivity index (χ1n) is 12.2. The molecule has 1 spiro atoms. The third kappa shape index (κ3) is 3.17. The fourth-order valence-corrected chi connectivity index (χ4v) is 5.74. The average Bonchev–Trinajstić information content (AvgIpc) is 3.39. The molecule has 3 heterocycles. The molecule has 3 aromatic carbocycles. The maximum atomic E-state index is 14.1. The van der Waals surface area contributed by atoms with Crippen molar-refractivity contribution in [3.05, 3.63) is 107 Å². The highest BCUT2D eigenvalue weighted by molar-refractivity contribution is 6.10. The first kappa shape index (κ1) is 22.4. The summed E-state index contributed by atoms with van der Waals surface area (Å²) in [5.41, 5.74) is 1.36. The molecule has 0 unspecified atom stereocenters. The van der Waals surface area contributed by atoms with E-state index in [-0.39, 0.29) is 11.7 Å². The molecule has 0 saturated carbocycles. The van der Waals surface area contributed by atoms with Gasteiger partial charge in [0, 0.05) is 11.0 Å². The minimum absolute atomic E-state index is 0.00548. The zero-order valence-electron chi connectivity index (χ0n) is 20.5. The van der Waals surface area contributed by atoms with Gasteiger partial charge in [0.1, 0.15) is 12.1 Å². The SMILES string of the molecule is CC(C)(C)C(=O)[C@H]1[C@H](c2ccccc2)[C@@]2(N=C(c3ccccc3)OC2=O)[C@H]2c3ccccc3C=NN12. The molecule has 6 nitrogen and oxygen atoms in total. The van der Waals surface area contributed by atoms with Crippen LogP contribution in [0.4, 0.5) is 0 Å².